The van der Waals surface area contributed by atoms with Gasteiger partial charge in [-0.15, -0.1) is 0 Å². The Kier molecular flexibility index (Phi) is 6.53. The predicted octanol–water partition coefficient (Wildman–Crippen LogP) is 4.44. The van der Waals surface area contributed by atoms with E-state index in [2.05, 4.69) is 10.0 Å². The standard InChI is InChI=1S/C20H15ClF2N2O4S/c21-13-4-7-15(8-5-13)25-30(27,28)17-3-1-2-16(11-17)24-20(26)12-29-19-9-6-14(22)10-18(19)23/h1-11,25H,12H2,(H,24,26). The summed E-state index contributed by atoms with van der Waals surface area (Å²) in [4.78, 5) is 12.0. The van der Waals surface area contributed by atoms with Gasteiger partial charge in [0.05, 0.1) is 4.90 Å². The fraction of sp³-hybridized carbons (Fsp3) is 0.0500. The number of sulfonamides is 1. The van der Waals surface area contributed by atoms with Crippen molar-refractivity contribution >= 4 is 38.9 Å². The van der Waals surface area contributed by atoms with Gasteiger partial charge in [0.15, 0.2) is 18.2 Å². The smallest absolute Gasteiger partial charge is 0.262 e. The van der Waals surface area contributed by atoms with E-state index in [-0.39, 0.29) is 16.3 Å². The number of nitrogens with one attached hydrogen (secondary N) is 2. The van der Waals surface area contributed by atoms with Gasteiger partial charge in [-0.1, -0.05) is 17.7 Å². The van der Waals surface area contributed by atoms with Gasteiger partial charge in [0.25, 0.3) is 15.9 Å². The zero-order valence-corrected chi connectivity index (χ0v) is 16.8. The number of rotatable bonds is 7. The van der Waals surface area contributed by atoms with Crippen molar-refractivity contribution in [1.29, 1.82) is 0 Å². The van der Waals surface area contributed by atoms with Crippen LogP contribution in [0, 0.1) is 11.6 Å². The maximum atomic E-state index is 13.5. The summed E-state index contributed by atoms with van der Waals surface area (Å²) in [6, 6.07) is 14.4. The molecule has 1 amide bonds. The van der Waals surface area contributed by atoms with Crippen LogP contribution in [-0.4, -0.2) is 20.9 Å². The number of carbonyl (C=O) groups is 1. The summed E-state index contributed by atoms with van der Waals surface area (Å²) in [6.07, 6.45) is 0. The molecule has 3 aromatic rings. The van der Waals surface area contributed by atoms with Crippen molar-refractivity contribution in [1.82, 2.24) is 0 Å². The molecule has 0 aliphatic rings. The zero-order chi connectivity index (χ0) is 21.7. The molecule has 6 nitrogen and oxygen atoms in total. The summed E-state index contributed by atoms with van der Waals surface area (Å²) in [5.41, 5.74) is 0.519. The highest BCUT2D eigenvalue weighted by atomic mass is 35.5. The lowest BCUT2D eigenvalue weighted by atomic mass is 10.3. The molecule has 0 spiro atoms. The van der Waals surface area contributed by atoms with Crippen LogP contribution < -0.4 is 14.8 Å². The monoisotopic (exact) mass is 452 g/mol. The van der Waals surface area contributed by atoms with Crippen LogP contribution in [0.1, 0.15) is 0 Å². The third kappa shape index (κ3) is 5.68. The quantitative estimate of drug-likeness (QED) is 0.555. The Balaban J connectivity index is 1.65. The summed E-state index contributed by atoms with van der Waals surface area (Å²) in [6.45, 7) is -0.553. The molecule has 0 saturated heterocycles. The lowest BCUT2D eigenvalue weighted by molar-refractivity contribution is -0.118. The summed E-state index contributed by atoms with van der Waals surface area (Å²) in [7, 11) is -3.91. The molecular weight excluding hydrogens is 438 g/mol. The molecule has 30 heavy (non-hydrogen) atoms. The Labute approximate surface area is 176 Å². The SMILES string of the molecule is O=C(COc1ccc(F)cc1F)Nc1cccc(S(=O)(=O)Nc2ccc(Cl)cc2)c1. The molecule has 0 aliphatic heterocycles. The second-order valence-electron chi connectivity index (χ2n) is 6.05. The Hall–Kier alpha value is -3.17. The first-order chi connectivity index (χ1) is 14.2. The van der Waals surface area contributed by atoms with Gasteiger partial charge in [-0.3, -0.25) is 9.52 Å². The number of hydrogen-bond donors (Lipinski definition) is 2. The van der Waals surface area contributed by atoms with Gasteiger partial charge in [0.2, 0.25) is 0 Å². The molecule has 0 unspecified atom stereocenters. The number of halogens is 3. The number of ether oxygens (including phenoxy) is 1. The molecule has 0 atom stereocenters. The molecule has 0 fully saturated rings. The van der Waals surface area contributed by atoms with Crippen LogP contribution in [-0.2, 0) is 14.8 Å². The largest absolute Gasteiger partial charge is 0.481 e. The van der Waals surface area contributed by atoms with Crippen molar-refractivity contribution in [2.24, 2.45) is 0 Å². The second-order valence-corrected chi connectivity index (χ2v) is 8.17. The third-order valence-electron chi connectivity index (χ3n) is 3.78. The van der Waals surface area contributed by atoms with Crippen LogP contribution in [0.25, 0.3) is 0 Å². The average Bonchev–Trinajstić information content (AvgIpc) is 2.69. The van der Waals surface area contributed by atoms with Gasteiger partial charge in [0.1, 0.15) is 5.82 Å². The van der Waals surface area contributed by atoms with Gasteiger partial charge in [-0.25, -0.2) is 17.2 Å². The van der Waals surface area contributed by atoms with E-state index >= 15 is 0 Å². The number of carbonyl (C=O) groups excluding carboxylic acids is 1. The molecule has 10 heteroatoms. The summed E-state index contributed by atoms with van der Waals surface area (Å²) in [5.74, 6) is -2.65. The van der Waals surface area contributed by atoms with E-state index in [1.807, 2.05) is 0 Å². The van der Waals surface area contributed by atoms with E-state index in [1.165, 1.54) is 36.4 Å². The van der Waals surface area contributed by atoms with E-state index in [1.54, 1.807) is 12.1 Å². The summed E-state index contributed by atoms with van der Waals surface area (Å²) < 4.78 is 58.9. The molecule has 0 radical (unpaired) electrons. The molecule has 0 aromatic heterocycles. The number of amides is 1. The van der Waals surface area contributed by atoms with Crippen LogP contribution >= 0.6 is 11.6 Å². The first-order valence-corrected chi connectivity index (χ1v) is 10.4. The van der Waals surface area contributed by atoms with Crippen LogP contribution in [0.2, 0.25) is 5.02 Å². The molecule has 0 bridgehead atoms. The summed E-state index contributed by atoms with van der Waals surface area (Å²) >= 11 is 5.78. The van der Waals surface area contributed by atoms with Gasteiger partial charge < -0.3 is 10.1 Å². The maximum absolute atomic E-state index is 13.5. The highest BCUT2D eigenvalue weighted by molar-refractivity contribution is 7.92. The van der Waals surface area contributed by atoms with E-state index in [4.69, 9.17) is 16.3 Å². The van der Waals surface area contributed by atoms with Gasteiger partial charge in [-0.2, -0.15) is 0 Å². The van der Waals surface area contributed by atoms with E-state index in [0.717, 1.165) is 12.1 Å². The molecule has 2 N–H and O–H groups in total. The number of hydrogen-bond acceptors (Lipinski definition) is 4. The van der Waals surface area contributed by atoms with Gasteiger partial charge in [0, 0.05) is 22.5 Å². The van der Waals surface area contributed by atoms with E-state index in [9.17, 15) is 22.0 Å². The lowest BCUT2D eigenvalue weighted by Gasteiger charge is -2.11. The first-order valence-electron chi connectivity index (χ1n) is 8.49. The topological polar surface area (TPSA) is 84.5 Å². The van der Waals surface area contributed by atoms with Crippen molar-refractivity contribution in [3.63, 3.8) is 0 Å². The highest BCUT2D eigenvalue weighted by Crippen LogP contribution is 2.21. The molecule has 0 heterocycles. The number of anilines is 2. The minimum Gasteiger partial charge on any atom is -0.481 e. The van der Waals surface area contributed by atoms with Crippen LogP contribution in [0.3, 0.4) is 0 Å². The average molecular weight is 453 g/mol. The normalized spacial score (nSPS) is 11.0. The Morgan fingerprint density at radius 2 is 1.70 bits per heavy atom. The van der Waals surface area contributed by atoms with Crippen molar-refractivity contribution in [3.05, 3.63) is 83.4 Å². The van der Waals surface area contributed by atoms with Crippen LogP contribution in [0.5, 0.6) is 5.75 Å². The van der Waals surface area contributed by atoms with Crippen LogP contribution in [0.4, 0.5) is 20.2 Å². The zero-order valence-electron chi connectivity index (χ0n) is 15.2. The molecule has 0 saturated carbocycles. The predicted molar refractivity (Wildman–Crippen MR) is 109 cm³/mol. The van der Waals surface area contributed by atoms with Crippen molar-refractivity contribution in [2.45, 2.75) is 4.90 Å². The minimum absolute atomic E-state index is 0.0826. The fourth-order valence-electron chi connectivity index (χ4n) is 2.41. The summed E-state index contributed by atoms with van der Waals surface area (Å²) in [5, 5.41) is 2.92. The van der Waals surface area contributed by atoms with E-state index in [0.29, 0.717) is 16.8 Å². The molecule has 156 valence electrons. The van der Waals surface area contributed by atoms with E-state index < -0.39 is 34.2 Å². The van der Waals surface area contributed by atoms with Gasteiger partial charge in [-0.05, 0) is 54.6 Å². The Morgan fingerprint density at radius 3 is 2.40 bits per heavy atom. The second kappa shape index (κ2) is 9.10. The van der Waals surface area contributed by atoms with Crippen LogP contribution in [0.15, 0.2) is 71.6 Å². The third-order valence-corrected chi connectivity index (χ3v) is 5.41. The molecular formula is C20H15ClF2N2O4S. The van der Waals surface area contributed by atoms with Crippen molar-refractivity contribution in [2.75, 3.05) is 16.6 Å². The maximum Gasteiger partial charge on any atom is 0.262 e. The van der Waals surface area contributed by atoms with Crippen molar-refractivity contribution in [3.8, 4) is 5.75 Å². The molecule has 3 rings (SSSR count). The Morgan fingerprint density at radius 1 is 0.967 bits per heavy atom. The number of benzene rings is 3. The first kappa shape index (κ1) is 21.5. The fourth-order valence-corrected chi connectivity index (χ4v) is 3.64. The van der Waals surface area contributed by atoms with Crippen molar-refractivity contribution < 1.29 is 26.7 Å². The Bertz CT molecular complexity index is 1170. The molecule has 0 aliphatic carbocycles. The molecule has 3 aromatic carbocycles. The highest BCUT2D eigenvalue weighted by Gasteiger charge is 2.16. The minimum atomic E-state index is -3.91. The lowest BCUT2D eigenvalue weighted by Crippen LogP contribution is -2.21. The van der Waals surface area contributed by atoms with Gasteiger partial charge >= 0.3 is 0 Å².